The molecule has 0 aliphatic carbocycles. The number of hydrogen-bond donors (Lipinski definition) is 3. The number of anilines is 1. The van der Waals surface area contributed by atoms with E-state index in [2.05, 4.69) is 15.4 Å². The van der Waals surface area contributed by atoms with Gasteiger partial charge in [0.25, 0.3) is 0 Å². The second-order valence-corrected chi connectivity index (χ2v) is 4.95. The van der Waals surface area contributed by atoms with Gasteiger partial charge >= 0.3 is 6.03 Å². The topological polar surface area (TPSA) is 70.6 Å². The Hall–Kier alpha value is -1.89. The normalized spacial score (nSPS) is 12.1. The minimum atomic E-state index is -0.800. The van der Waals surface area contributed by atoms with E-state index in [-0.39, 0.29) is 23.9 Å². The maximum Gasteiger partial charge on any atom is 0.319 e. The van der Waals surface area contributed by atoms with Crippen molar-refractivity contribution in [3.63, 3.8) is 0 Å². The summed E-state index contributed by atoms with van der Waals surface area (Å²) in [4.78, 5) is 11.6. The van der Waals surface area contributed by atoms with Gasteiger partial charge in [-0.1, -0.05) is 13.8 Å². The minimum Gasteiger partial charge on any atom is -0.494 e. The molecule has 0 aromatic heterocycles. The predicted molar refractivity (Wildman–Crippen MR) is 75.4 cm³/mol. The molecule has 118 valence electrons. The van der Waals surface area contributed by atoms with Crippen molar-refractivity contribution in [2.45, 2.75) is 26.4 Å². The predicted octanol–water partition coefficient (Wildman–Crippen LogP) is 2.50. The number of hydrogen-bond acceptors (Lipinski definition) is 3. The first kappa shape index (κ1) is 17.2. The van der Waals surface area contributed by atoms with Crippen molar-refractivity contribution >= 4 is 11.7 Å². The Morgan fingerprint density at radius 1 is 1.33 bits per heavy atom. The van der Waals surface area contributed by atoms with Gasteiger partial charge in [-0.15, -0.1) is 0 Å². The van der Waals surface area contributed by atoms with Crippen LogP contribution in [0.4, 0.5) is 19.3 Å². The summed E-state index contributed by atoms with van der Waals surface area (Å²) in [5, 5.41) is 14.2. The fourth-order valence-electron chi connectivity index (χ4n) is 1.61. The van der Waals surface area contributed by atoms with E-state index in [4.69, 9.17) is 0 Å². The molecule has 0 saturated heterocycles. The number of aliphatic hydroxyl groups is 1. The van der Waals surface area contributed by atoms with Crippen LogP contribution in [0.25, 0.3) is 0 Å². The van der Waals surface area contributed by atoms with E-state index in [9.17, 15) is 18.7 Å². The van der Waals surface area contributed by atoms with Gasteiger partial charge in [0.2, 0.25) is 0 Å². The molecular formula is C14H20F2N2O3. The molecule has 7 heteroatoms. The van der Waals surface area contributed by atoms with E-state index in [1.807, 2.05) is 13.8 Å². The summed E-state index contributed by atoms with van der Waals surface area (Å²) in [6, 6.07) is 1.03. The van der Waals surface area contributed by atoms with E-state index in [1.54, 1.807) is 0 Å². The number of ether oxygens (including phenoxy) is 1. The van der Waals surface area contributed by atoms with Crippen LogP contribution in [0.3, 0.4) is 0 Å². The van der Waals surface area contributed by atoms with Crippen LogP contribution in [0, 0.1) is 17.6 Å². The smallest absolute Gasteiger partial charge is 0.319 e. The zero-order valence-electron chi connectivity index (χ0n) is 12.2. The van der Waals surface area contributed by atoms with Gasteiger partial charge in [-0.2, -0.15) is 0 Å². The van der Waals surface area contributed by atoms with Gasteiger partial charge < -0.3 is 20.5 Å². The lowest BCUT2D eigenvalue weighted by Crippen LogP contribution is -2.32. The summed E-state index contributed by atoms with van der Waals surface area (Å²) in [7, 11) is 1.22. The quantitative estimate of drug-likeness (QED) is 0.756. The number of carbonyl (C=O) groups is 1. The molecule has 0 heterocycles. The SMILES string of the molecule is COc1cc(F)c(NC(=O)NCCC(O)C(C)C)cc1F. The number of halogens is 2. The fourth-order valence-corrected chi connectivity index (χ4v) is 1.61. The van der Waals surface area contributed by atoms with Crippen molar-refractivity contribution in [3.05, 3.63) is 23.8 Å². The molecule has 0 radical (unpaired) electrons. The Bertz CT molecular complexity index is 495. The van der Waals surface area contributed by atoms with E-state index < -0.39 is 23.8 Å². The average molecular weight is 302 g/mol. The zero-order chi connectivity index (χ0) is 16.0. The molecule has 21 heavy (non-hydrogen) atoms. The first-order valence-electron chi connectivity index (χ1n) is 6.61. The highest BCUT2D eigenvalue weighted by Crippen LogP contribution is 2.24. The number of nitrogens with one attached hydrogen (secondary N) is 2. The monoisotopic (exact) mass is 302 g/mol. The molecule has 1 aromatic rings. The summed E-state index contributed by atoms with van der Waals surface area (Å²) in [5.74, 6) is -1.73. The van der Waals surface area contributed by atoms with E-state index in [0.717, 1.165) is 12.1 Å². The Morgan fingerprint density at radius 2 is 2.00 bits per heavy atom. The van der Waals surface area contributed by atoms with Crippen molar-refractivity contribution in [2.75, 3.05) is 19.0 Å². The van der Waals surface area contributed by atoms with Crippen LogP contribution in [0.2, 0.25) is 0 Å². The third kappa shape index (κ3) is 5.18. The molecule has 5 nitrogen and oxygen atoms in total. The zero-order valence-corrected chi connectivity index (χ0v) is 12.2. The van der Waals surface area contributed by atoms with Gasteiger partial charge in [-0.25, -0.2) is 13.6 Å². The average Bonchev–Trinajstić information content (AvgIpc) is 2.42. The largest absolute Gasteiger partial charge is 0.494 e. The van der Waals surface area contributed by atoms with Crippen molar-refractivity contribution in [2.24, 2.45) is 5.92 Å². The van der Waals surface area contributed by atoms with Crippen molar-refractivity contribution in [1.82, 2.24) is 5.32 Å². The number of methoxy groups -OCH3 is 1. The molecule has 0 aliphatic heterocycles. The highest BCUT2D eigenvalue weighted by atomic mass is 19.1. The molecule has 0 aliphatic rings. The van der Waals surface area contributed by atoms with Gasteiger partial charge in [-0.3, -0.25) is 0 Å². The summed E-state index contributed by atoms with van der Waals surface area (Å²) in [5.41, 5.74) is -0.282. The maximum atomic E-state index is 13.6. The molecule has 0 fully saturated rings. The second kappa shape index (κ2) is 7.78. The van der Waals surface area contributed by atoms with Crippen molar-refractivity contribution in [3.8, 4) is 5.75 Å². The summed E-state index contributed by atoms with van der Waals surface area (Å²) in [6.45, 7) is 3.95. The van der Waals surface area contributed by atoms with E-state index in [0.29, 0.717) is 6.42 Å². The van der Waals surface area contributed by atoms with Crippen molar-refractivity contribution in [1.29, 1.82) is 0 Å². The third-order valence-electron chi connectivity index (χ3n) is 2.98. The Kier molecular flexibility index (Phi) is 6.36. The number of rotatable bonds is 6. The highest BCUT2D eigenvalue weighted by Gasteiger charge is 2.13. The fraction of sp³-hybridized carbons (Fsp3) is 0.500. The molecule has 1 rings (SSSR count). The van der Waals surface area contributed by atoms with E-state index >= 15 is 0 Å². The van der Waals surface area contributed by atoms with Gasteiger partial charge in [-0.05, 0) is 12.3 Å². The first-order chi connectivity index (χ1) is 9.85. The summed E-state index contributed by atoms with van der Waals surface area (Å²) >= 11 is 0. The number of aliphatic hydroxyl groups excluding tert-OH is 1. The van der Waals surface area contributed by atoms with Crippen LogP contribution in [0.15, 0.2) is 12.1 Å². The molecule has 3 N–H and O–H groups in total. The summed E-state index contributed by atoms with van der Waals surface area (Å²) in [6.07, 6.45) is -0.148. The van der Waals surface area contributed by atoms with Gasteiger partial charge in [0.15, 0.2) is 17.4 Å². The van der Waals surface area contributed by atoms with Crippen LogP contribution in [0.5, 0.6) is 5.75 Å². The lowest BCUT2D eigenvalue weighted by molar-refractivity contribution is 0.117. The minimum absolute atomic E-state index is 0.0861. The molecule has 1 atom stereocenters. The molecule has 1 unspecified atom stereocenters. The van der Waals surface area contributed by atoms with Crippen LogP contribution in [0.1, 0.15) is 20.3 Å². The lowest BCUT2D eigenvalue weighted by Gasteiger charge is -2.15. The standard InChI is InChI=1S/C14H20F2N2O3/c1-8(2)12(19)4-5-17-14(20)18-11-6-10(16)13(21-3)7-9(11)15/h6-8,12,19H,4-5H2,1-3H3,(H2,17,18,20). The lowest BCUT2D eigenvalue weighted by atomic mass is 10.0. The van der Waals surface area contributed by atoms with Crippen LogP contribution in [-0.4, -0.2) is 30.9 Å². The number of carbonyl (C=O) groups excluding carboxylic acids is 1. The summed E-state index contributed by atoms with van der Waals surface area (Å²) < 4.78 is 31.7. The van der Waals surface area contributed by atoms with Gasteiger partial charge in [0.05, 0.1) is 18.9 Å². The van der Waals surface area contributed by atoms with Crippen LogP contribution >= 0.6 is 0 Å². The molecule has 0 spiro atoms. The first-order valence-corrected chi connectivity index (χ1v) is 6.61. The third-order valence-corrected chi connectivity index (χ3v) is 2.98. The Morgan fingerprint density at radius 3 is 2.57 bits per heavy atom. The molecular weight excluding hydrogens is 282 g/mol. The maximum absolute atomic E-state index is 13.6. The van der Waals surface area contributed by atoms with Gasteiger partial charge in [0, 0.05) is 18.7 Å². The van der Waals surface area contributed by atoms with Gasteiger partial charge in [0.1, 0.15) is 0 Å². The molecule has 0 bridgehead atoms. The number of benzene rings is 1. The van der Waals surface area contributed by atoms with E-state index in [1.165, 1.54) is 7.11 Å². The molecule has 1 aromatic carbocycles. The Labute approximate surface area is 122 Å². The van der Waals surface area contributed by atoms with Crippen molar-refractivity contribution < 1.29 is 23.4 Å². The molecule has 2 amide bonds. The molecule has 0 saturated carbocycles. The second-order valence-electron chi connectivity index (χ2n) is 4.95. The highest BCUT2D eigenvalue weighted by molar-refractivity contribution is 5.89. The Balaban J connectivity index is 2.54. The number of amides is 2. The van der Waals surface area contributed by atoms with Crippen LogP contribution < -0.4 is 15.4 Å². The van der Waals surface area contributed by atoms with Crippen LogP contribution in [-0.2, 0) is 0 Å². The number of urea groups is 1.